The Bertz CT molecular complexity index is 599. The molecule has 0 aliphatic carbocycles. The Labute approximate surface area is 126 Å². The first-order chi connectivity index (χ1) is 10.1. The molecular weight excluding hydrogens is 264 g/mol. The first kappa shape index (κ1) is 15.2. The molecule has 0 heterocycles. The molecule has 0 bridgehead atoms. The van der Waals surface area contributed by atoms with Crippen molar-refractivity contribution in [1.29, 1.82) is 0 Å². The van der Waals surface area contributed by atoms with Crippen LogP contribution in [0.3, 0.4) is 0 Å². The third-order valence-corrected chi connectivity index (χ3v) is 3.34. The van der Waals surface area contributed by atoms with E-state index in [1.807, 2.05) is 36.4 Å². The van der Waals surface area contributed by atoms with Gasteiger partial charge in [-0.05, 0) is 30.8 Å². The Morgan fingerprint density at radius 2 is 1.81 bits per heavy atom. The maximum Gasteiger partial charge on any atom is 0.127 e. The summed E-state index contributed by atoms with van der Waals surface area (Å²) >= 11 is 0. The predicted octanol–water partition coefficient (Wildman–Crippen LogP) is 2.92. The van der Waals surface area contributed by atoms with E-state index in [1.165, 1.54) is 5.56 Å². The first-order valence-electron chi connectivity index (χ1n) is 6.86. The van der Waals surface area contributed by atoms with E-state index < -0.39 is 0 Å². The molecule has 2 aromatic carbocycles. The van der Waals surface area contributed by atoms with Crippen LogP contribution >= 0.6 is 0 Å². The lowest BCUT2D eigenvalue weighted by molar-refractivity contribution is 0.309. The van der Waals surface area contributed by atoms with Crippen LogP contribution in [0.5, 0.6) is 11.5 Å². The van der Waals surface area contributed by atoms with Gasteiger partial charge in [0, 0.05) is 30.4 Å². The highest BCUT2D eigenvalue weighted by molar-refractivity contribution is 5.42. The lowest BCUT2D eigenvalue weighted by Crippen LogP contribution is -2.17. The van der Waals surface area contributed by atoms with Gasteiger partial charge in [0.1, 0.15) is 11.5 Å². The summed E-state index contributed by atoms with van der Waals surface area (Å²) in [5, 5.41) is 0. The molecule has 2 rings (SSSR count). The third-order valence-electron chi connectivity index (χ3n) is 3.34. The molecule has 0 radical (unpaired) electrons. The number of methoxy groups -OCH3 is 2. The maximum atomic E-state index is 5.81. The zero-order valence-electron chi connectivity index (χ0n) is 12.8. The zero-order valence-corrected chi connectivity index (χ0v) is 12.8. The molecule has 0 fully saturated rings. The second kappa shape index (κ2) is 6.99. The van der Waals surface area contributed by atoms with Crippen LogP contribution in [0.2, 0.25) is 0 Å². The fourth-order valence-electron chi connectivity index (χ4n) is 2.33. The maximum absolute atomic E-state index is 5.81. The number of nitrogen functional groups attached to an aromatic ring is 1. The van der Waals surface area contributed by atoms with Crippen LogP contribution in [0.15, 0.2) is 42.5 Å². The molecule has 2 N–H and O–H groups in total. The van der Waals surface area contributed by atoms with Crippen LogP contribution in [0.1, 0.15) is 11.1 Å². The van der Waals surface area contributed by atoms with Crippen LogP contribution in [0, 0.1) is 0 Å². The van der Waals surface area contributed by atoms with Crippen molar-refractivity contribution in [2.45, 2.75) is 13.1 Å². The van der Waals surface area contributed by atoms with Gasteiger partial charge in [-0.1, -0.05) is 18.2 Å². The molecule has 0 amide bonds. The Kier molecular flexibility index (Phi) is 5.06. The molecule has 4 heteroatoms. The molecule has 2 aromatic rings. The Morgan fingerprint density at radius 1 is 1.00 bits per heavy atom. The number of benzene rings is 2. The summed E-state index contributed by atoms with van der Waals surface area (Å²) in [4.78, 5) is 2.22. The summed E-state index contributed by atoms with van der Waals surface area (Å²) in [7, 11) is 5.41. The van der Waals surface area contributed by atoms with E-state index >= 15 is 0 Å². The fourth-order valence-corrected chi connectivity index (χ4v) is 2.33. The largest absolute Gasteiger partial charge is 0.497 e. The minimum absolute atomic E-state index is 0.794. The summed E-state index contributed by atoms with van der Waals surface area (Å²) in [5.74, 6) is 1.64. The quantitative estimate of drug-likeness (QED) is 0.829. The number of hydrogen-bond donors (Lipinski definition) is 1. The topological polar surface area (TPSA) is 47.7 Å². The third kappa shape index (κ3) is 4.13. The van der Waals surface area contributed by atoms with Crippen molar-refractivity contribution in [3.05, 3.63) is 53.6 Å². The van der Waals surface area contributed by atoms with E-state index in [0.29, 0.717) is 0 Å². The lowest BCUT2D eigenvalue weighted by Gasteiger charge is -2.19. The van der Waals surface area contributed by atoms with Gasteiger partial charge in [-0.15, -0.1) is 0 Å². The molecule has 0 saturated carbocycles. The van der Waals surface area contributed by atoms with Gasteiger partial charge >= 0.3 is 0 Å². The van der Waals surface area contributed by atoms with Gasteiger partial charge in [-0.3, -0.25) is 4.90 Å². The van der Waals surface area contributed by atoms with E-state index in [1.54, 1.807) is 14.2 Å². The number of ether oxygens (including phenoxy) is 2. The number of nitrogens with zero attached hydrogens (tertiary/aromatic N) is 1. The average Bonchev–Trinajstić information content (AvgIpc) is 2.47. The van der Waals surface area contributed by atoms with Crippen molar-refractivity contribution in [2.24, 2.45) is 0 Å². The van der Waals surface area contributed by atoms with Crippen molar-refractivity contribution in [2.75, 3.05) is 27.0 Å². The van der Waals surface area contributed by atoms with Crippen molar-refractivity contribution in [3.63, 3.8) is 0 Å². The van der Waals surface area contributed by atoms with Crippen LogP contribution < -0.4 is 15.2 Å². The second-order valence-corrected chi connectivity index (χ2v) is 5.10. The molecule has 0 atom stereocenters. The summed E-state index contributed by atoms with van der Waals surface area (Å²) in [6.07, 6.45) is 0. The summed E-state index contributed by atoms with van der Waals surface area (Å²) in [5.41, 5.74) is 8.93. The highest BCUT2D eigenvalue weighted by atomic mass is 16.5. The minimum Gasteiger partial charge on any atom is -0.497 e. The molecule has 0 unspecified atom stereocenters. The van der Waals surface area contributed by atoms with Crippen molar-refractivity contribution in [1.82, 2.24) is 4.90 Å². The molecule has 0 aliphatic rings. The van der Waals surface area contributed by atoms with Crippen molar-refractivity contribution >= 4 is 5.69 Å². The van der Waals surface area contributed by atoms with Crippen LogP contribution in [0.25, 0.3) is 0 Å². The second-order valence-electron chi connectivity index (χ2n) is 5.10. The Hall–Kier alpha value is -2.20. The van der Waals surface area contributed by atoms with E-state index in [0.717, 1.165) is 35.8 Å². The van der Waals surface area contributed by atoms with Crippen LogP contribution in [-0.2, 0) is 13.1 Å². The van der Waals surface area contributed by atoms with Gasteiger partial charge in [0.15, 0.2) is 0 Å². The standard InChI is InChI=1S/C17H22N2O2/c1-19(11-13-5-4-6-15(18)9-13)12-14-7-8-16(20-2)10-17(14)21-3/h4-10H,11-12,18H2,1-3H3. The number of rotatable bonds is 6. The normalized spacial score (nSPS) is 10.7. The Balaban J connectivity index is 2.07. The van der Waals surface area contributed by atoms with Crippen LogP contribution in [0.4, 0.5) is 5.69 Å². The minimum atomic E-state index is 0.794. The van der Waals surface area contributed by atoms with E-state index in [9.17, 15) is 0 Å². The SMILES string of the molecule is COc1ccc(CN(C)Cc2cccc(N)c2)c(OC)c1. The predicted molar refractivity (Wildman–Crippen MR) is 85.6 cm³/mol. The van der Waals surface area contributed by atoms with Gasteiger partial charge in [0.2, 0.25) is 0 Å². The summed E-state index contributed by atoms with van der Waals surface area (Å²) in [6, 6.07) is 13.9. The van der Waals surface area contributed by atoms with Gasteiger partial charge < -0.3 is 15.2 Å². The summed E-state index contributed by atoms with van der Waals surface area (Å²) < 4.78 is 10.6. The van der Waals surface area contributed by atoms with Crippen molar-refractivity contribution in [3.8, 4) is 11.5 Å². The lowest BCUT2D eigenvalue weighted by atomic mass is 10.1. The highest BCUT2D eigenvalue weighted by Crippen LogP contribution is 2.25. The zero-order chi connectivity index (χ0) is 15.2. The molecule has 112 valence electrons. The van der Waals surface area contributed by atoms with Crippen LogP contribution in [-0.4, -0.2) is 26.2 Å². The molecule has 0 spiro atoms. The van der Waals surface area contributed by atoms with E-state index in [-0.39, 0.29) is 0 Å². The smallest absolute Gasteiger partial charge is 0.127 e. The molecule has 0 aromatic heterocycles. The molecular formula is C17H22N2O2. The molecule has 0 saturated heterocycles. The average molecular weight is 286 g/mol. The number of nitrogens with two attached hydrogens (primary N) is 1. The van der Waals surface area contributed by atoms with Gasteiger partial charge in [0.05, 0.1) is 14.2 Å². The van der Waals surface area contributed by atoms with Gasteiger partial charge in [-0.2, -0.15) is 0 Å². The van der Waals surface area contributed by atoms with Crippen molar-refractivity contribution < 1.29 is 9.47 Å². The number of anilines is 1. The molecule has 0 aliphatic heterocycles. The summed E-state index contributed by atoms with van der Waals surface area (Å²) in [6.45, 7) is 1.63. The van der Waals surface area contributed by atoms with Gasteiger partial charge in [0.25, 0.3) is 0 Å². The van der Waals surface area contributed by atoms with E-state index in [4.69, 9.17) is 15.2 Å². The molecule has 4 nitrogen and oxygen atoms in total. The monoisotopic (exact) mass is 286 g/mol. The van der Waals surface area contributed by atoms with Gasteiger partial charge in [-0.25, -0.2) is 0 Å². The molecule has 21 heavy (non-hydrogen) atoms. The first-order valence-corrected chi connectivity index (χ1v) is 6.86. The van der Waals surface area contributed by atoms with E-state index in [2.05, 4.69) is 18.0 Å². The Morgan fingerprint density at radius 3 is 2.48 bits per heavy atom. The fraction of sp³-hybridized carbons (Fsp3) is 0.294. The highest BCUT2D eigenvalue weighted by Gasteiger charge is 2.08. The number of hydrogen-bond acceptors (Lipinski definition) is 4.